The first-order valence-electron chi connectivity index (χ1n) is 6.48. The smallest absolute Gasteiger partial charge is 0.133 e. The zero-order valence-electron chi connectivity index (χ0n) is 11.1. The zero-order chi connectivity index (χ0) is 14.8. The van der Waals surface area contributed by atoms with Gasteiger partial charge in [0.25, 0.3) is 0 Å². The Hall–Kier alpha value is -1.27. The Morgan fingerprint density at radius 1 is 1.33 bits per heavy atom. The van der Waals surface area contributed by atoms with Crippen LogP contribution in [0.15, 0.2) is 47.4 Å². The minimum Gasteiger partial charge on any atom is -0.486 e. The van der Waals surface area contributed by atoms with Crippen molar-refractivity contribution in [1.29, 1.82) is 0 Å². The number of halogens is 2. The van der Waals surface area contributed by atoms with Gasteiger partial charge in [-0.3, -0.25) is 5.84 Å². The summed E-state index contributed by atoms with van der Waals surface area (Å²) < 4.78 is 20.1. The molecule has 1 heterocycles. The summed E-state index contributed by atoms with van der Waals surface area (Å²) in [6.45, 7) is 0. The SMILES string of the molecule is NNC(c1ccc(Cl)cc1F)C1CSc2ccccc2O1. The zero-order valence-corrected chi connectivity index (χ0v) is 12.6. The van der Waals surface area contributed by atoms with Gasteiger partial charge in [0.2, 0.25) is 0 Å². The summed E-state index contributed by atoms with van der Waals surface area (Å²) in [5.41, 5.74) is 3.11. The van der Waals surface area contributed by atoms with E-state index in [9.17, 15) is 4.39 Å². The third-order valence-electron chi connectivity index (χ3n) is 3.38. The molecule has 0 radical (unpaired) electrons. The van der Waals surface area contributed by atoms with E-state index >= 15 is 0 Å². The van der Waals surface area contributed by atoms with Crippen LogP contribution in [0.5, 0.6) is 5.75 Å². The summed E-state index contributed by atoms with van der Waals surface area (Å²) in [4.78, 5) is 1.08. The van der Waals surface area contributed by atoms with Crippen molar-refractivity contribution in [3.05, 3.63) is 58.9 Å². The Labute approximate surface area is 131 Å². The van der Waals surface area contributed by atoms with Crippen molar-refractivity contribution in [1.82, 2.24) is 5.43 Å². The van der Waals surface area contributed by atoms with Gasteiger partial charge in [0, 0.05) is 21.2 Å². The van der Waals surface area contributed by atoms with Crippen molar-refractivity contribution >= 4 is 23.4 Å². The molecule has 1 aliphatic heterocycles. The van der Waals surface area contributed by atoms with E-state index in [1.165, 1.54) is 6.07 Å². The number of rotatable bonds is 3. The highest BCUT2D eigenvalue weighted by atomic mass is 35.5. The maximum absolute atomic E-state index is 14.1. The average molecular weight is 325 g/mol. The first kappa shape index (κ1) is 14.7. The summed E-state index contributed by atoms with van der Waals surface area (Å²) in [6, 6.07) is 11.9. The molecule has 0 saturated heterocycles. The van der Waals surface area contributed by atoms with Crippen molar-refractivity contribution < 1.29 is 9.13 Å². The van der Waals surface area contributed by atoms with Gasteiger partial charge in [0.05, 0.1) is 6.04 Å². The molecule has 6 heteroatoms. The molecule has 0 saturated carbocycles. The molecule has 0 bridgehead atoms. The molecule has 2 atom stereocenters. The summed E-state index contributed by atoms with van der Waals surface area (Å²) in [5.74, 6) is 6.72. The second-order valence-corrected chi connectivity index (χ2v) is 6.22. The number of nitrogens with two attached hydrogens (primary N) is 1. The molecule has 110 valence electrons. The molecule has 0 fully saturated rings. The molecule has 3 rings (SSSR count). The second kappa shape index (κ2) is 6.23. The molecule has 2 unspecified atom stereocenters. The fourth-order valence-corrected chi connectivity index (χ4v) is 3.55. The van der Waals surface area contributed by atoms with Crippen LogP contribution in [-0.2, 0) is 0 Å². The van der Waals surface area contributed by atoms with Crippen LogP contribution in [0.4, 0.5) is 4.39 Å². The van der Waals surface area contributed by atoms with Crippen molar-refractivity contribution in [2.75, 3.05) is 5.75 Å². The maximum Gasteiger partial charge on any atom is 0.133 e. The summed E-state index contributed by atoms with van der Waals surface area (Å²) in [7, 11) is 0. The molecule has 0 aromatic heterocycles. The van der Waals surface area contributed by atoms with Crippen LogP contribution in [0.1, 0.15) is 11.6 Å². The van der Waals surface area contributed by atoms with Crippen LogP contribution in [0, 0.1) is 5.82 Å². The Morgan fingerprint density at radius 3 is 2.90 bits per heavy atom. The van der Waals surface area contributed by atoms with Crippen molar-refractivity contribution in [2.24, 2.45) is 5.84 Å². The van der Waals surface area contributed by atoms with E-state index < -0.39 is 11.9 Å². The summed E-state index contributed by atoms with van der Waals surface area (Å²) >= 11 is 7.47. The van der Waals surface area contributed by atoms with Crippen molar-refractivity contribution in [3.8, 4) is 5.75 Å². The first-order chi connectivity index (χ1) is 10.2. The molecule has 3 N–H and O–H groups in total. The minimum absolute atomic E-state index is 0.259. The molecule has 1 aliphatic rings. The average Bonchev–Trinajstić information content (AvgIpc) is 2.50. The highest BCUT2D eigenvalue weighted by Crippen LogP contribution is 2.38. The fourth-order valence-electron chi connectivity index (χ4n) is 2.35. The molecule has 2 aromatic rings. The monoisotopic (exact) mass is 324 g/mol. The van der Waals surface area contributed by atoms with Gasteiger partial charge < -0.3 is 4.74 Å². The Kier molecular flexibility index (Phi) is 4.35. The number of hydrazine groups is 1. The van der Waals surface area contributed by atoms with Crippen molar-refractivity contribution in [3.63, 3.8) is 0 Å². The quantitative estimate of drug-likeness (QED) is 0.669. The van der Waals surface area contributed by atoms with E-state index in [1.807, 2.05) is 24.3 Å². The van der Waals surface area contributed by atoms with Gasteiger partial charge in [-0.05, 0) is 24.3 Å². The predicted molar refractivity (Wildman–Crippen MR) is 83.1 cm³/mol. The molecular formula is C15H14ClFN2OS. The maximum atomic E-state index is 14.1. The lowest BCUT2D eigenvalue weighted by Crippen LogP contribution is -2.42. The van der Waals surface area contributed by atoms with E-state index in [4.69, 9.17) is 22.2 Å². The third-order valence-corrected chi connectivity index (χ3v) is 4.76. The molecule has 0 amide bonds. The lowest BCUT2D eigenvalue weighted by Gasteiger charge is -2.31. The van der Waals surface area contributed by atoms with Crippen LogP contribution >= 0.6 is 23.4 Å². The van der Waals surface area contributed by atoms with Crippen LogP contribution in [0.2, 0.25) is 5.02 Å². The van der Waals surface area contributed by atoms with Crippen LogP contribution < -0.4 is 16.0 Å². The number of fused-ring (bicyclic) bond motifs is 1. The minimum atomic E-state index is -0.442. The van der Waals surface area contributed by atoms with E-state index in [1.54, 1.807) is 23.9 Å². The molecule has 3 nitrogen and oxygen atoms in total. The Balaban J connectivity index is 1.88. The lowest BCUT2D eigenvalue weighted by molar-refractivity contribution is 0.165. The van der Waals surface area contributed by atoms with Crippen LogP contribution in [0.25, 0.3) is 0 Å². The number of benzene rings is 2. The highest BCUT2D eigenvalue weighted by molar-refractivity contribution is 7.99. The van der Waals surface area contributed by atoms with Gasteiger partial charge in [-0.15, -0.1) is 11.8 Å². The van der Waals surface area contributed by atoms with E-state index in [2.05, 4.69) is 5.43 Å². The van der Waals surface area contributed by atoms with Gasteiger partial charge in [-0.25, -0.2) is 9.82 Å². The van der Waals surface area contributed by atoms with E-state index in [0.717, 1.165) is 10.6 Å². The normalized spacial score (nSPS) is 18.7. The van der Waals surface area contributed by atoms with Crippen molar-refractivity contribution in [2.45, 2.75) is 17.0 Å². The number of hydrogen-bond acceptors (Lipinski definition) is 4. The van der Waals surface area contributed by atoms with E-state index in [-0.39, 0.29) is 6.10 Å². The summed E-state index contributed by atoms with van der Waals surface area (Å²) in [6.07, 6.45) is -0.259. The molecular weight excluding hydrogens is 311 g/mol. The number of thioether (sulfide) groups is 1. The Bertz CT molecular complexity index is 655. The lowest BCUT2D eigenvalue weighted by atomic mass is 10.0. The molecule has 2 aromatic carbocycles. The second-order valence-electron chi connectivity index (χ2n) is 4.72. The van der Waals surface area contributed by atoms with Crippen LogP contribution in [-0.4, -0.2) is 11.9 Å². The van der Waals surface area contributed by atoms with Gasteiger partial charge in [0.15, 0.2) is 0 Å². The molecule has 21 heavy (non-hydrogen) atoms. The third kappa shape index (κ3) is 3.01. The van der Waals surface area contributed by atoms with Gasteiger partial charge in [-0.1, -0.05) is 29.8 Å². The topological polar surface area (TPSA) is 47.3 Å². The fraction of sp³-hybridized carbons (Fsp3) is 0.200. The van der Waals surface area contributed by atoms with Crippen LogP contribution in [0.3, 0.4) is 0 Å². The van der Waals surface area contributed by atoms with Gasteiger partial charge in [-0.2, -0.15) is 0 Å². The number of nitrogens with one attached hydrogen (secondary N) is 1. The number of hydrogen-bond donors (Lipinski definition) is 2. The van der Waals surface area contributed by atoms with E-state index in [0.29, 0.717) is 16.3 Å². The standard InChI is InChI=1S/C15H14ClFN2OS/c16-9-5-6-10(11(17)7-9)15(19-18)13-8-21-14-4-2-1-3-12(14)20-13/h1-7,13,15,19H,8,18H2. The Morgan fingerprint density at radius 2 is 2.14 bits per heavy atom. The van der Waals surface area contributed by atoms with Gasteiger partial charge >= 0.3 is 0 Å². The molecule has 0 aliphatic carbocycles. The summed E-state index contributed by atoms with van der Waals surface area (Å²) in [5, 5.41) is 0.358. The van der Waals surface area contributed by atoms with Gasteiger partial charge in [0.1, 0.15) is 17.7 Å². The highest BCUT2D eigenvalue weighted by Gasteiger charge is 2.30. The number of para-hydroxylation sites is 1. The first-order valence-corrected chi connectivity index (χ1v) is 7.85. The number of ether oxygens (including phenoxy) is 1. The molecule has 0 spiro atoms. The predicted octanol–water partition coefficient (Wildman–Crippen LogP) is 3.54. The largest absolute Gasteiger partial charge is 0.486 e.